The largest absolute Gasteiger partial charge is 0.416 e. The van der Waals surface area contributed by atoms with Gasteiger partial charge in [0.1, 0.15) is 6.10 Å². The summed E-state index contributed by atoms with van der Waals surface area (Å²) < 4.78 is 37.4. The van der Waals surface area contributed by atoms with E-state index in [-0.39, 0.29) is 18.5 Å². The van der Waals surface area contributed by atoms with E-state index in [2.05, 4.69) is 10.0 Å². The highest BCUT2D eigenvalue weighted by Crippen LogP contribution is 2.31. The highest BCUT2D eigenvalue weighted by atomic mass is 19.4. The molecule has 1 aromatic carbocycles. The quantitative estimate of drug-likeness (QED) is 0.491. The Morgan fingerprint density at radius 1 is 1.32 bits per heavy atom. The zero-order chi connectivity index (χ0) is 14.5. The molecule has 0 aromatic heterocycles. The maximum absolute atomic E-state index is 12.5. The van der Waals surface area contributed by atoms with Crippen LogP contribution in [0.25, 0.3) is 10.4 Å². The van der Waals surface area contributed by atoms with Gasteiger partial charge in [0, 0.05) is 11.5 Å². The van der Waals surface area contributed by atoms with Crippen LogP contribution < -0.4 is 0 Å². The van der Waals surface area contributed by atoms with Crippen molar-refractivity contribution in [1.82, 2.24) is 0 Å². The van der Waals surface area contributed by atoms with Crippen molar-refractivity contribution in [2.75, 3.05) is 6.54 Å². The number of alkyl halides is 3. The van der Waals surface area contributed by atoms with Gasteiger partial charge in [-0.15, -0.1) is 0 Å². The number of aliphatic hydroxyl groups excluding tert-OH is 2. The molecular formula is C11H12F3N3O2. The number of rotatable bonds is 5. The molecule has 0 amide bonds. The van der Waals surface area contributed by atoms with Gasteiger partial charge < -0.3 is 10.2 Å². The van der Waals surface area contributed by atoms with Gasteiger partial charge >= 0.3 is 6.18 Å². The summed E-state index contributed by atoms with van der Waals surface area (Å²) in [6.45, 7) is -0.0479. The maximum atomic E-state index is 12.5. The first-order chi connectivity index (χ1) is 8.86. The predicted molar refractivity (Wildman–Crippen MR) is 61.0 cm³/mol. The highest BCUT2D eigenvalue weighted by molar-refractivity contribution is 5.27. The first kappa shape index (κ1) is 15.3. The van der Waals surface area contributed by atoms with E-state index < -0.39 is 23.9 Å². The molecule has 0 radical (unpaired) electrons. The van der Waals surface area contributed by atoms with Crippen molar-refractivity contribution in [2.45, 2.75) is 24.8 Å². The molecule has 1 aromatic rings. The lowest BCUT2D eigenvalue weighted by atomic mass is 10.00. The highest BCUT2D eigenvalue weighted by Gasteiger charge is 2.31. The third-order valence-electron chi connectivity index (χ3n) is 2.51. The topological polar surface area (TPSA) is 89.2 Å². The molecule has 8 heteroatoms. The van der Waals surface area contributed by atoms with Gasteiger partial charge in [-0.05, 0) is 29.6 Å². The monoisotopic (exact) mass is 275 g/mol. The number of benzene rings is 1. The van der Waals surface area contributed by atoms with Gasteiger partial charge in [-0.1, -0.05) is 17.2 Å². The number of halogens is 3. The maximum Gasteiger partial charge on any atom is 0.416 e. The van der Waals surface area contributed by atoms with Crippen LogP contribution in [0.3, 0.4) is 0 Å². The molecule has 0 fully saturated rings. The van der Waals surface area contributed by atoms with Crippen LogP contribution in [0.15, 0.2) is 29.4 Å². The molecule has 0 saturated carbocycles. The summed E-state index contributed by atoms with van der Waals surface area (Å²) in [5.74, 6) is 0. The summed E-state index contributed by atoms with van der Waals surface area (Å²) in [6.07, 6.45) is -7.31. The SMILES string of the molecule is [N-]=[N+]=NCCC(O)C(O)c1cccc(C(F)(F)F)c1. The van der Waals surface area contributed by atoms with Crippen LogP contribution in [0.1, 0.15) is 23.7 Å². The number of azide groups is 1. The number of aliphatic hydroxyl groups is 2. The summed E-state index contributed by atoms with van der Waals surface area (Å²) in [5.41, 5.74) is 7.11. The van der Waals surface area contributed by atoms with Crippen molar-refractivity contribution in [3.05, 3.63) is 45.8 Å². The number of hydrogen-bond acceptors (Lipinski definition) is 3. The van der Waals surface area contributed by atoms with Gasteiger partial charge in [0.2, 0.25) is 0 Å². The van der Waals surface area contributed by atoms with Crippen molar-refractivity contribution in [3.63, 3.8) is 0 Å². The molecule has 104 valence electrons. The van der Waals surface area contributed by atoms with E-state index >= 15 is 0 Å². The second kappa shape index (κ2) is 6.42. The summed E-state index contributed by atoms with van der Waals surface area (Å²) in [4.78, 5) is 2.47. The Morgan fingerprint density at radius 3 is 2.58 bits per heavy atom. The van der Waals surface area contributed by atoms with Crippen molar-refractivity contribution in [2.24, 2.45) is 5.11 Å². The molecule has 0 saturated heterocycles. The van der Waals surface area contributed by atoms with E-state index in [1.165, 1.54) is 6.07 Å². The zero-order valence-electron chi connectivity index (χ0n) is 9.75. The fourth-order valence-electron chi connectivity index (χ4n) is 1.51. The molecule has 0 heterocycles. The van der Waals surface area contributed by atoms with Crippen LogP contribution in [0.2, 0.25) is 0 Å². The van der Waals surface area contributed by atoms with Crippen molar-refractivity contribution >= 4 is 0 Å². The molecular weight excluding hydrogens is 263 g/mol. The average molecular weight is 275 g/mol. The fraction of sp³-hybridized carbons (Fsp3) is 0.455. The predicted octanol–water partition coefficient (Wildman–Crippen LogP) is 2.80. The first-order valence-electron chi connectivity index (χ1n) is 5.40. The van der Waals surface area contributed by atoms with E-state index in [9.17, 15) is 23.4 Å². The Hall–Kier alpha value is -1.76. The van der Waals surface area contributed by atoms with Gasteiger partial charge in [0.15, 0.2) is 0 Å². The first-order valence-corrected chi connectivity index (χ1v) is 5.40. The Bertz CT molecular complexity index is 472. The van der Waals surface area contributed by atoms with Crippen molar-refractivity contribution in [3.8, 4) is 0 Å². The number of nitrogens with zero attached hydrogens (tertiary/aromatic N) is 3. The van der Waals surface area contributed by atoms with Gasteiger partial charge in [-0.3, -0.25) is 0 Å². The summed E-state index contributed by atoms with van der Waals surface area (Å²) in [5, 5.41) is 22.5. The van der Waals surface area contributed by atoms with Crippen LogP contribution in [-0.4, -0.2) is 22.9 Å². The Morgan fingerprint density at radius 2 is 2.00 bits per heavy atom. The molecule has 0 spiro atoms. The molecule has 0 bridgehead atoms. The molecule has 0 aliphatic heterocycles. The third-order valence-corrected chi connectivity index (χ3v) is 2.51. The van der Waals surface area contributed by atoms with E-state index in [0.29, 0.717) is 0 Å². The van der Waals surface area contributed by atoms with Crippen molar-refractivity contribution in [1.29, 1.82) is 0 Å². The van der Waals surface area contributed by atoms with E-state index in [0.717, 1.165) is 18.2 Å². The van der Waals surface area contributed by atoms with Crippen LogP contribution in [-0.2, 0) is 6.18 Å². The minimum absolute atomic E-state index is 0.0386. The lowest BCUT2D eigenvalue weighted by Gasteiger charge is -2.18. The van der Waals surface area contributed by atoms with Gasteiger partial charge in [-0.25, -0.2) is 0 Å². The molecule has 2 unspecified atom stereocenters. The van der Waals surface area contributed by atoms with E-state index in [1.807, 2.05) is 0 Å². The van der Waals surface area contributed by atoms with Gasteiger partial charge in [0.05, 0.1) is 11.7 Å². The number of hydrogen-bond donors (Lipinski definition) is 2. The lowest BCUT2D eigenvalue weighted by molar-refractivity contribution is -0.137. The standard InChI is InChI=1S/C11H12F3N3O2/c12-11(13,14)8-3-1-2-7(6-8)10(19)9(18)4-5-16-17-15/h1-3,6,9-10,18-19H,4-5H2. The normalized spacial score (nSPS) is 14.6. The summed E-state index contributed by atoms with van der Waals surface area (Å²) in [6, 6.07) is 4.10. The third kappa shape index (κ3) is 4.44. The second-order valence-corrected chi connectivity index (χ2v) is 3.88. The lowest BCUT2D eigenvalue weighted by Crippen LogP contribution is -2.19. The van der Waals surface area contributed by atoms with Crippen LogP contribution in [0, 0.1) is 0 Å². The molecule has 0 aliphatic rings. The Balaban J connectivity index is 2.81. The molecule has 19 heavy (non-hydrogen) atoms. The van der Waals surface area contributed by atoms with Crippen LogP contribution >= 0.6 is 0 Å². The molecule has 0 aliphatic carbocycles. The van der Waals surface area contributed by atoms with Gasteiger partial charge in [0.25, 0.3) is 0 Å². The van der Waals surface area contributed by atoms with Gasteiger partial charge in [-0.2, -0.15) is 13.2 Å². The molecule has 1 rings (SSSR count). The molecule has 2 N–H and O–H groups in total. The smallest absolute Gasteiger partial charge is 0.390 e. The molecule has 2 atom stereocenters. The zero-order valence-corrected chi connectivity index (χ0v) is 9.75. The van der Waals surface area contributed by atoms with Crippen molar-refractivity contribution < 1.29 is 23.4 Å². The second-order valence-electron chi connectivity index (χ2n) is 3.88. The Labute approximate surface area is 106 Å². The molecule has 5 nitrogen and oxygen atoms in total. The van der Waals surface area contributed by atoms with E-state index in [4.69, 9.17) is 5.53 Å². The minimum Gasteiger partial charge on any atom is -0.390 e. The Kier molecular flexibility index (Phi) is 5.17. The minimum atomic E-state index is -4.51. The average Bonchev–Trinajstić information content (AvgIpc) is 2.37. The fourth-order valence-corrected chi connectivity index (χ4v) is 1.51. The van der Waals surface area contributed by atoms with Crippen LogP contribution in [0.4, 0.5) is 13.2 Å². The summed E-state index contributed by atoms with van der Waals surface area (Å²) in [7, 11) is 0. The van der Waals surface area contributed by atoms with E-state index in [1.54, 1.807) is 0 Å². The van der Waals surface area contributed by atoms with Crippen LogP contribution in [0.5, 0.6) is 0 Å². The summed E-state index contributed by atoms with van der Waals surface area (Å²) >= 11 is 0.